The van der Waals surface area contributed by atoms with Crippen molar-refractivity contribution in [1.82, 2.24) is 0 Å². The lowest BCUT2D eigenvalue weighted by Crippen LogP contribution is -2.23. The molecule has 14 nitrogen and oxygen atoms in total. The molecule has 0 aliphatic heterocycles. The van der Waals surface area contributed by atoms with Crippen LogP contribution >= 0.6 is 15.4 Å². The highest BCUT2D eigenvalue weighted by molar-refractivity contribution is 7.53. The van der Waals surface area contributed by atoms with Gasteiger partial charge in [0.25, 0.3) is 0 Å². The molecule has 16 heteroatoms. The lowest BCUT2D eigenvalue weighted by Gasteiger charge is -2.22. The van der Waals surface area contributed by atoms with Crippen molar-refractivity contribution < 1.29 is 65.4 Å². The van der Waals surface area contributed by atoms with Crippen LogP contribution in [0.4, 0.5) is 0 Å². The number of carbonyl (C=O) groups is 2. The van der Waals surface area contributed by atoms with E-state index in [0.29, 0.717) is 69.8 Å². The molecule has 64 heavy (non-hydrogen) atoms. The van der Waals surface area contributed by atoms with Gasteiger partial charge in [-0.3, -0.25) is 18.1 Å². The van der Waals surface area contributed by atoms with Crippen molar-refractivity contribution in [3.8, 4) is 22.3 Å². The second-order valence-electron chi connectivity index (χ2n) is 13.4. The van der Waals surface area contributed by atoms with Gasteiger partial charge in [-0.15, -0.1) is 0 Å². The summed E-state index contributed by atoms with van der Waals surface area (Å²) in [7, 11) is -6.56. The maximum absolute atomic E-state index is 12.2. The first-order valence-electron chi connectivity index (χ1n) is 21.9. The molecule has 0 saturated carbocycles. The average Bonchev–Trinajstić information content (AvgIpc) is 3.30. The van der Waals surface area contributed by atoms with Gasteiger partial charge in [0.05, 0.1) is 57.4 Å². The quantitative estimate of drug-likeness (QED) is 0.0247. The van der Waals surface area contributed by atoms with Crippen LogP contribution in [-0.4, -0.2) is 95.6 Å². The number of aliphatic hydroxyl groups excluding tert-OH is 1. The molecule has 0 saturated heterocycles. The summed E-state index contributed by atoms with van der Waals surface area (Å²) < 4.78 is 71.0. The molecule has 0 heterocycles. The summed E-state index contributed by atoms with van der Waals surface area (Å²) in [4.78, 5) is 23.9. The van der Waals surface area contributed by atoms with Crippen LogP contribution in [0.5, 0.6) is 0 Å². The number of esters is 2. The molecule has 0 aliphatic carbocycles. The van der Waals surface area contributed by atoms with Gasteiger partial charge in [0.2, 0.25) is 0 Å². The van der Waals surface area contributed by atoms with Crippen LogP contribution < -0.4 is 0 Å². The first-order chi connectivity index (χ1) is 31.0. The molecule has 0 amide bonds. The molecule has 1 N–H and O–H groups in total. The minimum atomic E-state index is -3.47. The molecule has 0 unspecified atom stereocenters. The fourth-order valence-corrected chi connectivity index (χ4v) is 8.48. The zero-order valence-electron chi connectivity index (χ0n) is 38.2. The molecule has 0 aliphatic rings. The molecule has 4 aromatic carbocycles. The summed E-state index contributed by atoms with van der Waals surface area (Å²) >= 11 is 0. The van der Waals surface area contributed by atoms with Crippen molar-refractivity contribution in [1.29, 1.82) is 0 Å². The van der Waals surface area contributed by atoms with Crippen molar-refractivity contribution in [3.63, 3.8) is 0 Å². The topological polar surface area (TPSA) is 172 Å². The molecule has 0 atom stereocenters. The Morgan fingerprint density at radius 1 is 0.469 bits per heavy atom. The molecule has 0 radical (unpaired) electrons. The highest BCUT2D eigenvalue weighted by Crippen LogP contribution is 2.50. The lowest BCUT2D eigenvalue weighted by molar-refractivity contribution is -0.123. The first-order valence-corrected chi connectivity index (χ1v) is 25.1. The molecular formula is C48H68O14P2. The number of rotatable bonds is 28. The van der Waals surface area contributed by atoms with E-state index in [2.05, 4.69) is 0 Å². The van der Waals surface area contributed by atoms with E-state index in [1.807, 2.05) is 98.8 Å². The fraction of sp³-hybridized carbons (Fsp3) is 0.458. The number of benzene rings is 4. The Morgan fingerprint density at radius 3 is 1.22 bits per heavy atom. The summed E-state index contributed by atoms with van der Waals surface area (Å²) in [6.07, 6.45) is 2.11. The largest absolute Gasteiger partial charge is 0.474 e. The van der Waals surface area contributed by atoms with Gasteiger partial charge < -0.3 is 33.1 Å². The van der Waals surface area contributed by atoms with E-state index in [1.165, 1.54) is 0 Å². The highest BCUT2D eigenvalue weighted by Gasteiger charge is 2.29. The summed E-state index contributed by atoms with van der Waals surface area (Å²) in [6.45, 7) is 13.9. The van der Waals surface area contributed by atoms with Crippen molar-refractivity contribution in [3.05, 3.63) is 120 Å². The van der Waals surface area contributed by atoms with Gasteiger partial charge in [-0.05, 0) is 114 Å². The van der Waals surface area contributed by atoms with Gasteiger partial charge in [-0.1, -0.05) is 84.9 Å². The van der Waals surface area contributed by atoms with Crippen LogP contribution in [0.25, 0.3) is 22.3 Å². The van der Waals surface area contributed by atoms with Crippen LogP contribution in [0.3, 0.4) is 0 Å². The monoisotopic (exact) mass is 930 g/mol. The van der Waals surface area contributed by atoms with Gasteiger partial charge in [0.1, 0.15) is 6.16 Å². The Morgan fingerprint density at radius 2 is 0.844 bits per heavy atom. The molecular weight excluding hydrogens is 862 g/mol. The van der Waals surface area contributed by atoms with Crippen LogP contribution in [-0.2, 0) is 50.7 Å². The molecule has 0 fully saturated rings. The van der Waals surface area contributed by atoms with E-state index in [0.717, 1.165) is 22.3 Å². The van der Waals surface area contributed by atoms with Crippen LogP contribution in [0.1, 0.15) is 87.9 Å². The number of aliphatic hydroxyl groups is 1. The summed E-state index contributed by atoms with van der Waals surface area (Å²) in [5, 5.41) is 8.65. The Balaban J connectivity index is 0.000000346. The van der Waals surface area contributed by atoms with E-state index < -0.39 is 21.7 Å². The number of ether oxygens (including phenoxy) is 4. The van der Waals surface area contributed by atoms with Crippen LogP contribution in [0.2, 0.25) is 0 Å². The van der Waals surface area contributed by atoms with Crippen molar-refractivity contribution in [2.45, 2.75) is 73.5 Å². The van der Waals surface area contributed by atoms with Crippen molar-refractivity contribution in [2.75, 3.05) is 72.2 Å². The zero-order valence-corrected chi connectivity index (χ0v) is 40.0. The minimum Gasteiger partial charge on any atom is -0.462 e. The highest BCUT2D eigenvalue weighted by atomic mass is 31.2. The van der Waals surface area contributed by atoms with Crippen LogP contribution in [0.15, 0.2) is 109 Å². The number of unbranched alkanes of at least 4 members (excludes halogenated alkanes) is 2. The van der Waals surface area contributed by atoms with Gasteiger partial charge in [0, 0.05) is 19.8 Å². The summed E-state index contributed by atoms with van der Waals surface area (Å²) in [5.41, 5.74) is 5.39. The SMILES string of the molecule is CCOC(CP(=O)(OCC)OCC)OCC.CCOP(=O)(OCC)OCCCCOC(=O)c1ccc(-c2ccccc2)cc1.O=C(OCCCCO)c1ccc(-c2ccccc2)cc1. The predicted molar refractivity (Wildman–Crippen MR) is 249 cm³/mol. The maximum Gasteiger partial charge on any atom is 0.474 e. The standard InChI is InChI=1S/C21H27O6P.C17H18O3.C10H23O5P/c1-3-25-28(23,26-4-2)27-17-9-8-16-24-21(22)20-14-12-19(13-15-20)18-10-6-5-7-11-18;18-12-4-5-13-20-17(19)16-10-8-15(9-11-16)14-6-2-1-3-7-14;1-5-12-10(13-6-2)9-16(11,14-7-3)15-8-4/h5-7,10-15H,3-4,8-9,16-17H2,1-2H3;1-3,6-11,18H,4-5,12-13H2;10H,5-9H2,1-4H3. The first kappa shape index (κ1) is 56.1. The van der Waals surface area contributed by atoms with E-state index in [1.54, 1.807) is 52.0 Å². The normalized spacial score (nSPS) is 11.2. The molecule has 4 aromatic rings. The number of hydrogen-bond donors (Lipinski definition) is 1. The molecule has 354 valence electrons. The third kappa shape index (κ3) is 22.7. The van der Waals surface area contributed by atoms with Gasteiger partial charge >= 0.3 is 27.4 Å². The smallest absolute Gasteiger partial charge is 0.462 e. The van der Waals surface area contributed by atoms with Crippen molar-refractivity contribution in [2.24, 2.45) is 0 Å². The van der Waals surface area contributed by atoms with Crippen LogP contribution in [0, 0.1) is 0 Å². The van der Waals surface area contributed by atoms with Gasteiger partial charge in [0.15, 0.2) is 6.29 Å². The Labute approximate surface area is 380 Å². The number of phosphoric ester groups is 1. The van der Waals surface area contributed by atoms with Crippen molar-refractivity contribution >= 4 is 27.4 Å². The number of hydrogen-bond acceptors (Lipinski definition) is 14. The number of phosphoric acid groups is 1. The second kappa shape index (κ2) is 33.4. The van der Waals surface area contributed by atoms with E-state index >= 15 is 0 Å². The molecule has 0 aromatic heterocycles. The average molecular weight is 931 g/mol. The summed E-state index contributed by atoms with van der Waals surface area (Å²) in [6, 6.07) is 34.7. The maximum atomic E-state index is 12.2. The van der Waals surface area contributed by atoms with E-state index in [9.17, 15) is 18.7 Å². The van der Waals surface area contributed by atoms with Gasteiger partial charge in [-0.2, -0.15) is 0 Å². The van der Waals surface area contributed by atoms with Gasteiger partial charge in [-0.25, -0.2) is 14.2 Å². The predicted octanol–water partition coefficient (Wildman–Crippen LogP) is 11.4. The lowest BCUT2D eigenvalue weighted by atomic mass is 10.0. The fourth-order valence-electron chi connectivity index (χ4n) is 5.62. The summed E-state index contributed by atoms with van der Waals surface area (Å²) in [5.74, 6) is -0.683. The minimum absolute atomic E-state index is 0.128. The second-order valence-corrected chi connectivity index (χ2v) is 17.2. The zero-order chi connectivity index (χ0) is 46.9. The third-order valence-electron chi connectivity index (χ3n) is 8.57. The van der Waals surface area contributed by atoms with E-state index in [-0.39, 0.29) is 51.1 Å². The Kier molecular flexibility index (Phi) is 29.3. The third-order valence-corrected chi connectivity index (χ3v) is 12.3. The Hall–Kier alpha value is -4.04. The molecule has 0 spiro atoms. The van der Waals surface area contributed by atoms with E-state index in [4.69, 9.17) is 46.7 Å². The molecule has 0 bridgehead atoms. The molecule has 4 rings (SSSR count). The Bertz CT molecular complexity index is 1890. The number of carbonyl (C=O) groups excluding carboxylic acids is 2.